The number of nitrogens with zero attached hydrogens (tertiary/aromatic N) is 2. The summed E-state index contributed by atoms with van der Waals surface area (Å²) >= 11 is 0. The molecule has 0 saturated carbocycles. The average Bonchev–Trinajstić information content (AvgIpc) is 2.62. The maximum atomic E-state index is 9.40. The Balaban J connectivity index is 2.28. The van der Waals surface area contributed by atoms with Gasteiger partial charge in [-0.25, -0.2) is 0 Å². The van der Waals surface area contributed by atoms with Gasteiger partial charge in [0.05, 0.1) is 24.5 Å². The molecule has 0 aliphatic heterocycles. The summed E-state index contributed by atoms with van der Waals surface area (Å²) in [5.41, 5.74) is 2.04. The molecule has 1 heterocycles. The van der Waals surface area contributed by atoms with Crippen LogP contribution in [0.4, 0.5) is 0 Å². The molecule has 0 radical (unpaired) electrons. The predicted octanol–water partition coefficient (Wildman–Crippen LogP) is 4.72. The number of pyridine rings is 1. The first-order valence-electron chi connectivity index (χ1n) is 8.21. The normalized spacial score (nSPS) is 11.0. The van der Waals surface area contributed by atoms with Crippen molar-refractivity contribution in [2.75, 3.05) is 13.2 Å². The molecule has 4 nitrogen and oxygen atoms in total. The summed E-state index contributed by atoms with van der Waals surface area (Å²) in [7, 11) is 0. The van der Waals surface area contributed by atoms with E-state index in [2.05, 4.69) is 18.0 Å². The van der Waals surface area contributed by atoms with Crippen molar-refractivity contribution < 1.29 is 9.47 Å². The molecule has 2 aromatic rings. The van der Waals surface area contributed by atoms with Gasteiger partial charge < -0.3 is 9.47 Å². The van der Waals surface area contributed by atoms with Crippen molar-refractivity contribution in [3.05, 3.63) is 53.9 Å². The zero-order valence-electron chi connectivity index (χ0n) is 14.2. The first kappa shape index (κ1) is 17.6. The second-order valence-electron chi connectivity index (χ2n) is 5.23. The SMILES string of the molecule is CCCCOc1ccc(/C=C(/C#N)c2ccccn2)cc1OCC. The highest BCUT2D eigenvalue weighted by Gasteiger charge is 2.07. The van der Waals surface area contributed by atoms with E-state index in [1.807, 2.05) is 43.3 Å². The minimum atomic E-state index is 0.512. The van der Waals surface area contributed by atoms with Crippen molar-refractivity contribution in [3.8, 4) is 17.6 Å². The third-order valence-corrected chi connectivity index (χ3v) is 3.40. The smallest absolute Gasteiger partial charge is 0.161 e. The second kappa shape index (κ2) is 9.36. The number of nitriles is 1. The lowest BCUT2D eigenvalue weighted by Crippen LogP contribution is -2.00. The molecule has 0 N–H and O–H groups in total. The average molecular weight is 322 g/mol. The fourth-order valence-corrected chi connectivity index (χ4v) is 2.18. The summed E-state index contributed by atoms with van der Waals surface area (Å²) in [6.45, 7) is 5.29. The van der Waals surface area contributed by atoms with Gasteiger partial charge in [0, 0.05) is 6.20 Å². The Labute approximate surface area is 143 Å². The third-order valence-electron chi connectivity index (χ3n) is 3.40. The summed E-state index contributed by atoms with van der Waals surface area (Å²) in [4.78, 5) is 4.23. The Morgan fingerprint density at radius 3 is 2.71 bits per heavy atom. The van der Waals surface area contributed by atoms with E-state index in [1.165, 1.54) is 0 Å². The van der Waals surface area contributed by atoms with E-state index in [0.717, 1.165) is 24.2 Å². The van der Waals surface area contributed by atoms with E-state index in [9.17, 15) is 5.26 Å². The zero-order chi connectivity index (χ0) is 17.2. The standard InChI is InChI=1S/C20H22N2O2/c1-3-5-12-24-19-10-9-16(14-20(19)23-4-2)13-17(15-21)18-8-6-7-11-22-18/h6-11,13-14H,3-5,12H2,1-2H3/b17-13-. The molecular formula is C20H22N2O2. The molecule has 0 aliphatic rings. The van der Waals surface area contributed by atoms with Crippen molar-refractivity contribution in [1.29, 1.82) is 5.26 Å². The van der Waals surface area contributed by atoms with Crippen LogP contribution in [0, 0.1) is 11.3 Å². The highest BCUT2D eigenvalue weighted by Crippen LogP contribution is 2.30. The molecule has 24 heavy (non-hydrogen) atoms. The fraction of sp³-hybridized carbons (Fsp3) is 0.300. The van der Waals surface area contributed by atoms with Gasteiger partial charge in [-0.3, -0.25) is 4.98 Å². The van der Waals surface area contributed by atoms with Gasteiger partial charge in [-0.05, 0) is 49.2 Å². The van der Waals surface area contributed by atoms with Crippen LogP contribution in [-0.4, -0.2) is 18.2 Å². The Bertz CT molecular complexity index is 718. The zero-order valence-corrected chi connectivity index (χ0v) is 14.2. The van der Waals surface area contributed by atoms with E-state index >= 15 is 0 Å². The van der Waals surface area contributed by atoms with E-state index in [-0.39, 0.29) is 0 Å². The monoisotopic (exact) mass is 322 g/mol. The summed E-state index contributed by atoms with van der Waals surface area (Å²) < 4.78 is 11.5. The Morgan fingerprint density at radius 2 is 2.04 bits per heavy atom. The van der Waals surface area contributed by atoms with Crippen LogP contribution in [0.1, 0.15) is 37.9 Å². The van der Waals surface area contributed by atoms with Gasteiger partial charge in [-0.2, -0.15) is 5.26 Å². The van der Waals surface area contributed by atoms with Crippen LogP contribution in [0.2, 0.25) is 0 Å². The summed E-state index contributed by atoms with van der Waals surface area (Å²) in [5.74, 6) is 1.43. The Morgan fingerprint density at radius 1 is 1.17 bits per heavy atom. The van der Waals surface area contributed by atoms with Gasteiger partial charge in [0.15, 0.2) is 11.5 Å². The van der Waals surface area contributed by atoms with Gasteiger partial charge in [0.1, 0.15) is 6.07 Å². The van der Waals surface area contributed by atoms with Gasteiger partial charge in [0.25, 0.3) is 0 Å². The number of hydrogen-bond donors (Lipinski definition) is 0. The first-order chi connectivity index (χ1) is 11.8. The second-order valence-corrected chi connectivity index (χ2v) is 5.23. The lowest BCUT2D eigenvalue weighted by molar-refractivity contribution is 0.272. The molecule has 0 fully saturated rings. The molecule has 0 bridgehead atoms. The molecule has 1 aromatic heterocycles. The van der Waals surface area contributed by atoms with E-state index < -0.39 is 0 Å². The maximum Gasteiger partial charge on any atom is 0.161 e. The topological polar surface area (TPSA) is 55.1 Å². The molecule has 0 spiro atoms. The highest BCUT2D eigenvalue weighted by atomic mass is 16.5. The number of hydrogen-bond acceptors (Lipinski definition) is 4. The molecule has 1 aromatic carbocycles. The maximum absolute atomic E-state index is 9.40. The molecule has 0 amide bonds. The largest absolute Gasteiger partial charge is 0.490 e. The van der Waals surface area contributed by atoms with Gasteiger partial charge in [0.2, 0.25) is 0 Å². The van der Waals surface area contributed by atoms with Crippen molar-refractivity contribution in [1.82, 2.24) is 4.98 Å². The molecular weight excluding hydrogens is 300 g/mol. The molecule has 4 heteroatoms. The lowest BCUT2D eigenvalue weighted by atomic mass is 10.1. The van der Waals surface area contributed by atoms with Crippen LogP contribution in [-0.2, 0) is 0 Å². The lowest BCUT2D eigenvalue weighted by Gasteiger charge is -2.12. The van der Waals surface area contributed by atoms with Crippen LogP contribution in [0.25, 0.3) is 11.6 Å². The van der Waals surface area contributed by atoms with Crippen LogP contribution in [0.5, 0.6) is 11.5 Å². The Kier molecular flexibility index (Phi) is 6.85. The summed E-state index contributed by atoms with van der Waals surface area (Å²) in [6.07, 6.45) is 5.57. The minimum absolute atomic E-state index is 0.512. The minimum Gasteiger partial charge on any atom is -0.490 e. The number of benzene rings is 1. The van der Waals surface area contributed by atoms with Crippen molar-refractivity contribution in [2.45, 2.75) is 26.7 Å². The van der Waals surface area contributed by atoms with Crippen molar-refractivity contribution >= 4 is 11.6 Å². The molecule has 0 atom stereocenters. The summed E-state index contributed by atoms with van der Waals surface area (Å²) in [5, 5.41) is 9.40. The number of rotatable bonds is 8. The van der Waals surface area contributed by atoms with Crippen LogP contribution >= 0.6 is 0 Å². The van der Waals surface area contributed by atoms with E-state index in [0.29, 0.717) is 30.2 Å². The third kappa shape index (κ3) is 4.85. The Hall–Kier alpha value is -2.80. The quantitative estimate of drug-likeness (QED) is 0.521. The fourth-order valence-electron chi connectivity index (χ4n) is 2.18. The van der Waals surface area contributed by atoms with Crippen LogP contribution in [0.3, 0.4) is 0 Å². The van der Waals surface area contributed by atoms with Gasteiger partial charge in [-0.15, -0.1) is 0 Å². The highest BCUT2D eigenvalue weighted by molar-refractivity contribution is 5.88. The number of unbranched alkanes of at least 4 members (excludes halogenated alkanes) is 1. The number of allylic oxidation sites excluding steroid dienone is 1. The van der Waals surface area contributed by atoms with Crippen LogP contribution < -0.4 is 9.47 Å². The van der Waals surface area contributed by atoms with Gasteiger partial charge >= 0.3 is 0 Å². The summed E-state index contributed by atoms with van der Waals surface area (Å²) in [6, 6.07) is 13.4. The number of ether oxygens (including phenoxy) is 2. The van der Waals surface area contributed by atoms with Crippen molar-refractivity contribution in [2.24, 2.45) is 0 Å². The van der Waals surface area contributed by atoms with E-state index in [1.54, 1.807) is 12.3 Å². The first-order valence-corrected chi connectivity index (χ1v) is 8.21. The molecule has 0 saturated heterocycles. The molecule has 0 aliphatic carbocycles. The molecule has 0 unspecified atom stereocenters. The molecule has 124 valence electrons. The number of aromatic nitrogens is 1. The van der Waals surface area contributed by atoms with Gasteiger partial charge in [-0.1, -0.05) is 25.5 Å². The van der Waals surface area contributed by atoms with Crippen LogP contribution in [0.15, 0.2) is 42.6 Å². The van der Waals surface area contributed by atoms with E-state index in [4.69, 9.17) is 9.47 Å². The van der Waals surface area contributed by atoms with Crippen molar-refractivity contribution in [3.63, 3.8) is 0 Å². The molecule has 2 rings (SSSR count). The predicted molar refractivity (Wildman–Crippen MR) is 95.7 cm³/mol.